The molecule has 50 heavy (non-hydrogen) atoms. The van der Waals surface area contributed by atoms with Crippen molar-refractivity contribution in [2.45, 2.75) is 6.17 Å². The Bertz CT molecular complexity index is 2770. The molecule has 0 fully saturated rings. The second-order valence-electron chi connectivity index (χ2n) is 12.7. The van der Waals surface area contributed by atoms with E-state index in [-0.39, 0.29) is 6.17 Å². The molecule has 3 heterocycles. The van der Waals surface area contributed by atoms with Gasteiger partial charge in [0.1, 0.15) is 12.0 Å². The number of hydrogen-bond acceptors (Lipinski definition) is 3. The van der Waals surface area contributed by atoms with E-state index in [0.29, 0.717) is 5.84 Å². The second-order valence-corrected chi connectivity index (χ2v) is 12.7. The molecule has 0 bridgehead atoms. The largest absolute Gasteiger partial charge is 0.344 e. The molecule has 5 nitrogen and oxygen atoms in total. The van der Waals surface area contributed by atoms with Gasteiger partial charge in [-0.05, 0) is 54.1 Å². The monoisotopic (exact) mass is 641 g/mol. The van der Waals surface area contributed by atoms with Crippen molar-refractivity contribution in [1.29, 1.82) is 0 Å². The first kappa shape index (κ1) is 28.3. The fraction of sp³-hybridized carbons (Fsp3) is 0.0222. The van der Waals surface area contributed by atoms with Gasteiger partial charge in [0.2, 0.25) is 0 Å². The van der Waals surface area contributed by atoms with Gasteiger partial charge >= 0.3 is 0 Å². The number of nitrogens with one attached hydrogen (secondary N) is 1. The van der Waals surface area contributed by atoms with Crippen LogP contribution in [0.4, 0.5) is 0 Å². The molecule has 0 radical (unpaired) electrons. The van der Waals surface area contributed by atoms with Crippen LogP contribution in [-0.2, 0) is 0 Å². The molecule has 5 heteroatoms. The van der Waals surface area contributed by atoms with E-state index in [0.717, 1.165) is 39.4 Å². The number of rotatable bonds is 5. The van der Waals surface area contributed by atoms with Crippen LogP contribution in [-0.4, -0.2) is 20.8 Å². The molecule has 1 unspecified atom stereocenters. The average molecular weight is 642 g/mol. The molecule has 0 saturated heterocycles. The number of amidine groups is 2. The van der Waals surface area contributed by atoms with Gasteiger partial charge in [-0.1, -0.05) is 127 Å². The minimum atomic E-state index is -0.258. The van der Waals surface area contributed by atoms with Gasteiger partial charge in [0.05, 0.1) is 22.1 Å². The highest BCUT2D eigenvalue weighted by Crippen LogP contribution is 2.39. The highest BCUT2D eigenvalue weighted by molar-refractivity contribution is 6.19. The lowest BCUT2D eigenvalue weighted by Crippen LogP contribution is -2.33. The Kier molecular flexibility index (Phi) is 6.49. The minimum Gasteiger partial charge on any atom is -0.344 e. The van der Waals surface area contributed by atoms with Crippen LogP contribution in [0.3, 0.4) is 0 Å². The van der Waals surface area contributed by atoms with Gasteiger partial charge in [-0.15, -0.1) is 0 Å². The molecule has 236 valence electrons. The molecule has 1 aliphatic rings. The summed E-state index contributed by atoms with van der Waals surface area (Å²) in [6.07, 6.45) is -0.258. The molecule has 0 spiro atoms. The van der Waals surface area contributed by atoms with Gasteiger partial charge in [0, 0.05) is 44.0 Å². The van der Waals surface area contributed by atoms with E-state index < -0.39 is 0 Å². The van der Waals surface area contributed by atoms with Crippen LogP contribution in [0.5, 0.6) is 0 Å². The Labute approximate surface area is 289 Å². The highest BCUT2D eigenvalue weighted by Gasteiger charge is 2.22. The first-order chi connectivity index (χ1) is 24.8. The van der Waals surface area contributed by atoms with Gasteiger partial charge in [-0.25, -0.2) is 9.98 Å². The second kappa shape index (κ2) is 11.5. The van der Waals surface area contributed by atoms with E-state index >= 15 is 0 Å². The summed E-state index contributed by atoms with van der Waals surface area (Å²) < 4.78 is 4.78. The summed E-state index contributed by atoms with van der Waals surface area (Å²) in [5, 5.41) is 8.54. The number of para-hydroxylation sites is 3. The molecule has 1 N–H and O–H groups in total. The molecule has 0 aliphatic carbocycles. The Balaban J connectivity index is 1.18. The highest BCUT2D eigenvalue weighted by atomic mass is 15.2. The van der Waals surface area contributed by atoms with Crippen molar-refractivity contribution in [1.82, 2.24) is 14.5 Å². The van der Waals surface area contributed by atoms with E-state index in [4.69, 9.17) is 9.98 Å². The van der Waals surface area contributed by atoms with E-state index in [1.807, 2.05) is 24.3 Å². The van der Waals surface area contributed by atoms with E-state index in [1.165, 1.54) is 38.1 Å². The number of fused-ring (bicyclic) bond motifs is 6. The topological polar surface area (TPSA) is 46.6 Å². The summed E-state index contributed by atoms with van der Waals surface area (Å²) in [6, 6.07) is 62.1. The maximum absolute atomic E-state index is 5.10. The quantitative estimate of drug-likeness (QED) is 0.200. The van der Waals surface area contributed by atoms with Gasteiger partial charge < -0.3 is 14.5 Å². The number of aromatic nitrogens is 2. The molecule has 0 saturated carbocycles. The standard InChI is InChI=1S/C45H31N5/c1-4-15-30(16-5-1)43-46-44(31-17-6-2-7-18-31)48-45(47-43)32-19-14-22-34(27-32)50-40-26-13-11-24-36(40)38-28-41-37(29-42(38)50)35-23-10-12-25-39(35)49(41)33-20-8-3-9-21-33/h1-29,43H,(H,46,47,48). The van der Waals surface area contributed by atoms with Crippen molar-refractivity contribution >= 4 is 55.3 Å². The lowest BCUT2D eigenvalue weighted by atomic mass is 10.1. The summed E-state index contributed by atoms with van der Waals surface area (Å²) in [5.41, 5.74) is 10.0. The van der Waals surface area contributed by atoms with Crippen molar-refractivity contribution in [2.75, 3.05) is 0 Å². The third-order valence-electron chi connectivity index (χ3n) is 9.75. The molecule has 7 aromatic carbocycles. The Morgan fingerprint density at radius 1 is 0.420 bits per heavy atom. The molecular formula is C45H31N5. The van der Waals surface area contributed by atoms with Crippen molar-refractivity contribution in [3.8, 4) is 11.4 Å². The van der Waals surface area contributed by atoms with Gasteiger partial charge in [0.15, 0.2) is 5.84 Å². The summed E-state index contributed by atoms with van der Waals surface area (Å²) in [7, 11) is 0. The van der Waals surface area contributed by atoms with Crippen molar-refractivity contribution in [3.63, 3.8) is 0 Å². The molecule has 9 aromatic rings. The summed E-state index contributed by atoms with van der Waals surface area (Å²) in [5.74, 6) is 1.51. The zero-order chi connectivity index (χ0) is 33.0. The predicted octanol–water partition coefficient (Wildman–Crippen LogP) is 10.4. The SMILES string of the molecule is c1ccc(C2=NC(c3ccccc3)NC(c3cccc(-n4c5ccccc5c5cc6c(cc54)c4ccccc4n6-c4ccccc4)c3)=N2)cc1. The third kappa shape index (κ3) is 4.55. The summed E-state index contributed by atoms with van der Waals surface area (Å²) in [4.78, 5) is 10.1. The van der Waals surface area contributed by atoms with E-state index in [1.54, 1.807) is 0 Å². The molecular weight excluding hydrogens is 611 g/mol. The molecule has 10 rings (SSSR count). The van der Waals surface area contributed by atoms with Crippen LogP contribution in [0.1, 0.15) is 22.9 Å². The van der Waals surface area contributed by atoms with Crippen molar-refractivity contribution in [3.05, 3.63) is 193 Å². The van der Waals surface area contributed by atoms with Crippen molar-refractivity contribution < 1.29 is 0 Å². The average Bonchev–Trinajstić information content (AvgIpc) is 3.70. The maximum Gasteiger partial charge on any atom is 0.159 e. The fourth-order valence-corrected chi connectivity index (χ4v) is 7.47. The first-order valence-electron chi connectivity index (χ1n) is 17.0. The van der Waals surface area contributed by atoms with Crippen LogP contribution in [0.2, 0.25) is 0 Å². The van der Waals surface area contributed by atoms with Crippen molar-refractivity contribution in [2.24, 2.45) is 9.98 Å². The fourth-order valence-electron chi connectivity index (χ4n) is 7.47. The number of aliphatic imine (C=N–C) groups is 2. The van der Waals surface area contributed by atoms with Crippen LogP contribution < -0.4 is 5.32 Å². The third-order valence-corrected chi connectivity index (χ3v) is 9.75. The lowest BCUT2D eigenvalue weighted by Gasteiger charge is -2.24. The smallest absolute Gasteiger partial charge is 0.159 e. The van der Waals surface area contributed by atoms with Crippen LogP contribution in [0.25, 0.3) is 55.0 Å². The Morgan fingerprint density at radius 2 is 0.940 bits per heavy atom. The maximum atomic E-state index is 5.10. The van der Waals surface area contributed by atoms with Gasteiger partial charge in [-0.3, -0.25) is 0 Å². The number of nitrogens with zero attached hydrogens (tertiary/aromatic N) is 4. The Hall–Kier alpha value is -6.72. The zero-order valence-corrected chi connectivity index (χ0v) is 27.1. The Morgan fingerprint density at radius 3 is 1.60 bits per heavy atom. The number of hydrogen-bond donors (Lipinski definition) is 1. The van der Waals surface area contributed by atoms with Gasteiger partial charge in [-0.2, -0.15) is 0 Å². The van der Waals surface area contributed by atoms with Crippen LogP contribution >= 0.6 is 0 Å². The predicted molar refractivity (Wildman–Crippen MR) is 207 cm³/mol. The lowest BCUT2D eigenvalue weighted by molar-refractivity contribution is 0.674. The molecule has 2 aromatic heterocycles. The molecule has 1 aliphatic heterocycles. The zero-order valence-electron chi connectivity index (χ0n) is 27.1. The van der Waals surface area contributed by atoms with E-state index in [2.05, 4.69) is 166 Å². The first-order valence-corrected chi connectivity index (χ1v) is 17.0. The van der Waals surface area contributed by atoms with Crippen LogP contribution in [0.15, 0.2) is 186 Å². The normalized spacial score (nSPS) is 14.6. The summed E-state index contributed by atoms with van der Waals surface area (Å²) in [6.45, 7) is 0. The summed E-state index contributed by atoms with van der Waals surface area (Å²) >= 11 is 0. The minimum absolute atomic E-state index is 0.258. The molecule has 1 atom stereocenters. The van der Waals surface area contributed by atoms with E-state index in [9.17, 15) is 0 Å². The number of benzene rings is 7. The molecule has 0 amide bonds. The van der Waals surface area contributed by atoms with Crippen LogP contribution in [0, 0.1) is 0 Å². The van der Waals surface area contributed by atoms with Gasteiger partial charge in [0.25, 0.3) is 0 Å².